The molecule has 3 nitrogen and oxygen atoms in total. The summed E-state index contributed by atoms with van der Waals surface area (Å²) in [7, 11) is 1.65. The molecule has 0 spiro atoms. The van der Waals surface area contributed by atoms with Gasteiger partial charge in [-0.15, -0.1) is 0 Å². The monoisotopic (exact) mass is 282 g/mol. The number of nitrogens with one attached hydrogen (secondary N) is 1. The van der Waals surface area contributed by atoms with Crippen molar-refractivity contribution in [3.05, 3.63) is 65.7 Å². The molecule has 0 saturated heterocycles. The second kappa shape index (κ2) is 5.43. The van der Waals surface area contributed by atoms with Gasteiger partial charge in [0.2, 0.25) is 0 Å². The van der Waals surface area contributed by atoms with E-state index in [0.717, 1.165) is 27.7 Å². The van der Waals surface area contributed by atoms with Crippen LogP contribution in [0.1, 0.15) is 17.2 Å². The molecule has 1 aliphatic heterocycles. The van der Waals surface area contributed by atoms with Gasteiger partial charge in [-0.2, -0.15) is 0 Å². The summed E-state index contributed by atoms with van der Waals surface area (Å²) >= 11 is 5.40. The average molecular weight is 282 g/mol. The van der Waals surface area contributed by atoms with Crippen LogP contribution in [0.25, 0.3) is 0 Å². The number of thiocarbonyl (C=S) groups is 1. The number of hydrogen-bond acceptors (Lipinski definition) is 3. The lowest BCUT2D eigenvalue weighted by Crippen LogP contribution is -2.24. The normalized spacial score (nSPS) is 17.6. The van der Waals surface area contributed by atoms with Gasteiger partial charge in [-0.25, -0.2) is 0 Å². The molecular formula is C16H14N2OS. The molecule has 0 bridgehead atoms. The van der Waals surface area contributed by atoms with E-state index in [1.165, 1.54) is 0 Å². The number of hydrogen-bond donors (Lipinski definition) is 1. The molecule has 20 heavy (non-hydrogen) atoms. The maximum Gasteiger partial charge on any atom is 0.134 e. The Kier molecular flexibility index (Phi) is 3.48. The van der Waals surface area contributed by atoms with Crippen LogP contribution in [-0.2, 0) is 0 Å². The molecule has 1 N–H and O–H groups in total. The number of rotatable bonds is 3. The Morgan fingerprint density at radius 1 is 1.05 bits per heavy atom. The first-order valence-electron chi connectivity index (χ1n) is 6.36. The van der Waals surface area contributed by atoms with Gasteiger partial charge in [0, 0.05) is 5.56 Å². The zero-order valence-electron chi connectivity index (χ0n) is 11.0. The van der Waals surface area contributed by atoms with E-state index < -0.39 is 0 Å². The Labute approximate surface area is 123 Å². The predicted octanol–water partition coefficient (Wildman–Crippen LogP) is 3.11. The van der Waals surface area contributed by atoms with Crippen molar-refractivity contribution in [2.45, 2.75) is 6.04 Å². The fourth-order valence-corrected chi connectivity index (χ4v) is 2.45. The van der Waals surface area contributed by atoms with Gasteiger partial charge in [-0.3, -0.25) is 4.99 Å². The van der Waals surface area contributed by atoms with Crippen LogP contribution in [0.5, 0.6) is 5.75 Å². The van der Waals surface area contributed by atoms with Crippen molar-refractivity contribution in [1.29, 1.82) is 0 Å². The van der Waals surface area contributed by atoms with Gasteiger partial charge in [0.05, 0.1) is 7.11 Å². The van der Waals surface area contributed by atoms with Gasteiger partial charge in [-0.05, 0) is 29.8 Å². The second-order valence-electron chi connectivity index (χ2n) is 4.51. The van der Waals surface area contributed by atoms with Crippen molar-refractivity contribution in [2.75, 3.05) is 7.11 Å². The van der Waals surface area contributed by atoms with Gasteiger partial charge in [-0.1, -0.05) is 42.5 Å². The molecule has 2 aromatic carbocycles. The summed E-state index contributed by atoms with van der Waals surface area (Å²) in [5.74, 6) is 1.64. The van der Waals surface area contributed by atoms with Crippen LogP contribution < -0.4 is 10.1 Å². The van der Waals surface area contributed by atoms with Crippen LogP contribution in [0.2, 0.25) is 0 Å². The summed E-state index contributed by atoms with van der Waals surface area (Å²) < 4.78 is 5.16. The lowest BCUT2D eigenvalue weighted by Gasteiger charge is -2.06. The lowest BCUT2D eigenvalue weighted by molar-refractivity contribution is 0.415. The molecule has 1 aliphatic rings. The number of nitrogens with zero attached hydrogens (tertiary/aromatic N) is 1. The predicted molar refractivity (Wildman–Crippen MR) is 84.4 cm³/mol. The first-order valence-corrected chi connectivity index (χ1v) is 6.77. The topological polar surface area (TPSA) is 33.6 Å². The molecule has 0 aliphatic carbocycles. The Morgan fingerprint density at radius 2 is 1.75 bits per heavy atom. The first kappa shape index (κ1) is 12.8. The number of benzene rings is 2. The largest absolute Gasteiger partial charge is 0.497 e. The molecular weight excluding hydrogens is 268 g/mol. The molecule has 1 unspecified atom stereocenters. The summed E-state index contributed by atoms with van der Waals surface area (Å²) in [5, 5.41) is 3.20. The van der Waals surface area contributed by atoms with Gasteiger partial charge in [0.25, 0.3) is 0 Å². The maximum absolute atomic E-state index is 5.40. The fourth-order valence-electron chi connectivity index (χ4n) is 2.16. The third-order valence-corrected chi connectivity index (χ3v) is 3.55. The summed E-state index contributed by atoms with van der Waals surface area (Å²) in [6.45, 7) is 0. The van der Waals surface area contributed by atoms with E-state index in [4.69, 9.17) is 17.0 Å². The van der Waals surface area contributed by atoms with E-state index in [0.29, 0.717) is 0 Å². The number of aliphatic imine (C=N–C) groups is 1. The minimum Gasteiger partial charge on any atom is -0.497 e. The van der Waals surface area contributed by atoms with E-state index in [1.54, 1.807) is 7.11 Å². The zero-order valence-corrected chi connectivity index (χ0v) is 11.9. The first-order chi connectivity index (χ1) is 9.78. The van der Waals surface area contributed by atoms with Crippen LogP contribution in [0, 0.1) is 0 Å². The minimum atomic E-state index is -0.0942. The van der Waals surface area contributed by atoms with Gasteiger partial charge >= 0.3 is 0 Å². The molecule has 0 radical (unpaired) electrons. The standard InChI is InChI=1S/C16H14N2OS/c1-19-13-9-7-12(8-10-13)15-17-14(16(20)18-15)11-5-3-2-4-6-11/h2-10,14H,1H3,(H,17,18,20). The van der Waals surface area contributed by atoms with Crippen molar-refractivity contribution in [3.8, 4) is 5.75 Å². The lowest BCUT2D eigenvalue weighted by atomic mass is 10.1. The summed E-state index contributed by atoms with van der Waals surface area (Å²) in [6.07, 6.45) is 0. The van der Waals surface area contributed by atoms with Crippen molar-refractivity contribution < 1.29 is 4.74 Å². The van der Waals surface area contributed by atoms with Crippen molar-refractivity contribution in [3.63, 3.8) is 0 Å². The molecule has 0 saturated carbocycles. The molecule has 1 atom stereocenters. The zero-order chi connectivity index (χ0) is 13.9. The summed E-state index contributed by atoms with van der Waals surface area (Å²) in [6, 6.07) is 17.8. The molecule has 4 heteroatoms. The van der Waals surface area contributed by atoms with Crippen LogP contribution in [0.3, 0.4) is 0 Å². The Bertz CT molecular complexity index is 650. The van der Waals surface area contributed by atoms with Gasteiger partial charge in [0.1, 0.15) is 22.6 Å². The van der Waals surface area contributed by atoms with E-state index in [9.17, 15) is 0 Å². The van der Waals surface area contributed by atoms with Crippen LogP contribution in [0.4, 0.5) is 0 Å². The highest BCUT2D eigenvalue weighted by atomic mass is 32.1. The van der Waals surface area contributed by atoms with Crippen molar-refractivity contribution in [2.24, 2.45) is 4.99 Å². The molecule has 100 valence electrons. The minimum absolute atomic E-state index is 0.0942. The number of ether oxygens (including phenoxy) is 1. The van der Waals surface area contributed by atoms with Gasteiger partial charge in [0.15, 0.2) is 0 Å². The second-order valence-corrected chi connectivity index (χ2v) is 4.95. The average Bonchev–Trinajstić information content (AvgIpc) is 2.90. The van der Waals surface area contributed by atoms with E-state index in [1.807, 2.05) is 54.6 Å². The third kappa shape index (κ3) is 2.42. The molecule has 1 heterocycles. The Hall–Kier alpha value is -2.20. The maximum atomic E-state index is 5.40. The van der Waals surface area contributed by atoms with E-state index in [-0.39, 0.29) is 6.04 Å². The SMILES string of the molecule is COc1ccc(C2=NC(c3ccccc3)C(=S)N2)cc1. The van der Waals surface area contributed by atoms with E-state index >= 15 is 0 Å². The third-order valence-electron chi connectivity index (χ3n) is 3.23. The Morgan fingerprint density at radius 3 is 2.40 bits per heavy atom. The van der Waals surface area contributed by atoms with Crippen LogP contribution in [-0.4, -0.2) is 17.9 Å². The Balaban J connectivity index is 1.89. The number of amidine groups is 1. The molecule has 3 rings (SSSR count). The smallest absolute Gasteiger partial charge is 0.134 e. The van der Waals surface area contributed by atoms with Crippen molar-refractivity contribution >= 4 is 23.0 Å². The van der Waals surface area contributed by atoms with Crippen LogP contribution >= 0.6 is 12.2 Å². The van der Waals surface area contributed by atoms with Gasteiger partial charge < -0.3 is 10.1 Å². The molecule has 2 aromatic rings. The molecule has 0 fully saturated rings. The van der Waals surface area contributed by atoms with E-state index in [2.05, 4.69) is 10.3 Å². The highest BCUT2D eigenvalue weighted by molar-refractivity contribution is 7.80. The fraction of sp³-hybridized carbons (Fsp3) is 0.125. The summed E-state index contributed by atoms with van der Waals surface area (Å²) in [5.41, 5.74) is 2.11. The molecule has 0 amide bonds. The highest BCUT2D eigenvalue weighted by Gasteiger charge is 2.24. The highest BCUT2D eigenvalue weighted by Crippen LogP contribution is 2.24. The summed E-state index contributed by atoms with van der Waals surface area (Å²) in [4.78, 5) is 5.43. The quantitative estimate of drug-likeness (QED) is 0.878. The van der Waals surface area contributed by atoms with Crippen LogP contribution in [0.15, 0.2) is 59.6 Å². The van der Waals surface area contributed by atoms with Crippen molar-refractivity contribution in [1.82, 2.24) is 5.32 Å². The number of methoxy groups -OCH3 is 1. The molecule has 0 aromatic heterocycles.